The summed E-state index contributed by atoms with van der Waals surface area (Å²) in [5.74, 6) is 0.251. The summed E-state index contributed by atoms with van der Waals surface area (Å²) in [7, 11) is 1.59. The fourth-order valence-electron chi connectivity index (χ4n) is 2.18. The van der Waals surface area contributed by atoms with E-state index in [1.807, 2.05) is 0 Å². The van der Waals surface area contributed by atoms with E-state index in [-0.39, 0.29) is 16.7 Å². The van der Waals surface area contributed by atoms with Gasteiger partial charge in [-0.05, 0) is 55.0 Å². The van der Waals surface area contributed by atoms with Gasteiger partial charge in [0.25, 0.3) is 11.6 Å². The number of hydrogen-bond acceptors (Lipinski definition) is 6. The van der Waals surface area contributed by atoms with Crippen molar-refractivity contribution in [1.82, 2.24) is 5.32 Å². The maximum atomic E-state index is 12.3. The first-order chi connectivity index (χ1) is 12.9. The molecule has 0 saturated carbocycles. The van der Waals surface area contributed by atoms with Crippen LogP contribution in [0.5, 0.6) is 5.75 Å². The molecule has 2 N–H and O–H groups in total. The number of hydrogen-bond donors (Lipinski definition) is 2. The van der Waals surface area contributed by atoms with Crippen LogP contribution in [0.3, 0.4) is 0 Å². The Labute approximate surface area is 161 Å². The molecule has 27 heavy (non-hydrogen) atoms. The highest BCUT2D eigenvalue weighted by Crippen LogP contribution is 2.21. The largest absolute Gasteiger partial charge is 0.491 e. The Balaban J connectivity index is 1.93. The summed E-state index contributed by atoms with van der Waals surface area (Å²) >= 11 is 5.14. The molecule has 0 aliphatic heterocycles. The quantitative estimate of drug-likeness (QED) is 0.325. The fraction of sp³-hybridized carbons (Fsp3) is 0.222. The van der Waals surface area contributed by atoms with Crippen molar-refractivity contribution in [2.75, 3.05) is 25.6 Å². The monoisotopic (exact) mass is 389 g/mol. The number of nitro groups is 1. The molecule has 0 aromatic heterocycles. The highest BCUT2D eigenvalue weighted by molar-refractivity contribution is 7.80. The van der Waals surface area contributed by atoms with Crippen molar-refractivity contribution in [2.24, 2.45) is 0 Å². The first kappa shape index (κ1) is 20.3. The predicted molar refractivity (Wildman–Crippen MR) is 105 cm³/mol. The van der Waals surface area contributed by atoms with Gasteiger partial charge in [0.2, 0.25) is 0 Å². The van der Waals surface area contributed by atoms with Gasteiger partial charge in [-0.2, -0.15) is 0 Å². The Morgan fingerprint density at radius 1 is 1.19 bits per heavy atom. The van der Waals surface area contributed by atoms with Crippen LogP contribution in [0.15, 0.2) is 42.5 Å². The Kier molecular flexibility index (Phi) is 7.21. The molecule has 2 rings (SSSR count). The molecule has 8 nitrogen and oxygen atoms in total. The number of carbonyl (C=O) groups excluding carboxylic acids is 1. The molecule has 0 spiro atoms. The molecule has 2 aromatic rings. The highest BCUT2D eigenvalue weighted by atomic mass is 32.1. The van der Waals surface area contributed by atoms with Crippen molar-refractivity contribution in [3.05, 3.63) is 63.7 Å². The summed E-state index contributed by atoms with van der Waals surface area (Å²) in [5, 5.41) is 16.3. The van der Waals surface area contributed by atoms with E-state index in [1.54, 1.807) is 38.3 Å². The molecule has 0 saturated heterocycles. The number of methoxy groups -OCH3 is 1. The third-order valence-electron chi connectivity index (χ3n) is 3.57. The van der Waals surface area contributed by atoms with E-state index < -0.39 is 4.92 Å². The lowest BCUT2D eigenvalue weighted by Crippen LogP contribution is -2.34. The maximum Gasteiger partial charge on any atom is 0.269 e. The Morgan fingerprint density at radius 2 is 1.89 bits per heavy atom. The minimum Gasteiger partial charge on any atom is -0.491 e. The van der Waals surface area contributed by atoms with Crippen LogP contribution < -0.4 is 15.4 Å². The van der Waals surface area contributed by atoms with Gasteiger partial charge < -0.3 is 14.8 Å². The van der Waals surface area contributed by atoms with Crippen LogP contribution in [0.1, 0.15) is 15.9 Å². The van der Waals surface area contributed by atoms with Gasteiger partial charge in [0.15, 0.2) is 5.11 Å². The number of benzene rings is 2. The molecule has 9 heteroatoms. The number of amides is 1. The van der Waals surface area contributed by atoms with Crippen LogP contribution in [-0.2, 0) is 4.74 Å². The van der Waals surface area contributed by atoms with E-state index in [4.69, 9.17) is 21.7 Å². The van der Waals surface area contributed by atoms with E-state index in [2.05, 4.69) is 10.6 Å². The minimum atomic E-state index is -0.473. The van der Waals surface area contributed by atoms with Crippen LogP contribution in [0.25, 0.3) is 0 Å². The summed E-state index contributed by atoms with van der Waals surface area (Å²) in [5.41, 5.74) is 1.62. The van der Waals surface area contributed by atoms with Crippen molar-refractivity contribution in [1.29, 1.82) is 0 Å². The van der Waals surface area contributed by atoms with Gasteiger partial charge in [0.05, 0.1) is 11.5 Å². The number of nitro benzene ring substituents is 1. The van der Waals surface area contributed by atoms with Crippen LogP contribution >= 0.6 is 12.2 Å². The normalized spacial score (nSPS) is 10.1. The average molecular weight is 389 g/mol. The number of nitrogens with zero attached hydrogens (tertiary/aromatic N) is 1. The SMILES string of the molecule is COCCOc1ccc(C(=O)NC(=S)Nc2ccc([N+](=O)[O-])cc2C)cc1. The third-order valence-corrected chi connectivity index (χ3v) is 3.77. The first-order valence-electron chi connectivity index (χ1n) is 8.00. The van der Waals surface area contributed by atoms with Crippen molar-refractivity contribution < 1.29 is 19.2 Å². The second kappa shape index (κ2) is 9.60. The molecule has 0 aliphatic rings. The number of carbonyl (C=O) groups is 1. The molecular weight excluding hydrogens is 370 g/mol. The zero-order valence-corrected chi connectivity index (χ0v) is 15.7. The molecule has 0 bridgehead atoms. The fourth-order valence-corrected chi connectivity index (χ4v) is 2.38. The van der Waals surface area contributed by atoms with E-state index in [9.17, 15) is 14.9 Å². The summed E-state index contributed by atoms with van der Waals surface area (Å²) in [4.78, 5) is 22.6. The van der Waals surface area contributed by atoms with E-state index in [0.717, 1.165) is 0 Å². The van der Waals surface area contributed by atoms with Crippen molar-refractivity contribution in [3.8, 4) is 5.75 Å². The average Bonchev–Trinajstić information content (AvgIpc) is 2.64. The van der Waals surface area contributed by atoms with Gasteiger partial charge in [-0.15, -0.1) is 0 Å². The number of ether oxygens (including phenoxy) is 2. The van der Waals surface area contributed by atoms with Gasteiger partial charge in [0, 0.05) is 30.5 Å². The molecule has 0 aliphatic carbocycles. The van der Waals surface area contributed by atoms with Crippen LogP contribution in [0.4, 0.5) is 11.4 Å². The number of anilines is 1. The van der Waals surface area contributed by atoms with Gasteiger partial charge >= 0.3 is 0 Å². The topological polar surface area (TPSA) is 103 Å². The summed E-state index contributed by atoms with van der Waals surface area (Å²) in [6, 6.07) is 10.9. The second-order valence-corrected chi connectivity index (χ2v) is 5.94. The van der Waals surface area contributed by atoms with Crippen molar-refractivity contribution in [2.45, 2.75) is 6.92 Å². The smallest absolute Gasteiger partial charge is 0.269 e. The molecule has 0 atom stereocenters. The summed E-state index contributed by atoms with van der Waals surface area (Å²) < 4.78 is 10.3. The van der Waals surface area contributed by atoms with Gasteiger partial charge in [-0.3, -0.25) is 20.2 Å². The Hall–Kier alpha value is -3.04. The maximum absolute atomic E-state index is 12.3. The molecule has 0 heterocycles. The Morgan fingerprint density at radius 3 is 2.48 bits per heavy atom. The molecule has 2 aromatic carbocycles. The number of nitrogens with one attached hydrogen (secondary N) is 2. The van der Waals surface area contributed by atoms with Crippen LogP contribution in [0, 0.1) is 17.0 Å². The zero-order chi connectivity index (χ0) is 19.8. The van der Waals surface area contributed by atoms with E-state index in [0.29, 0.717) is 35.8 Å². The van der Waals surface area contributed by atoms with Crippen LogP contribution in [0.2, 0.25) is 0 Å². The van der Waals surface area contributed by atoms with E-state index >= 15 is 0 Å². The summed E-state index contributed by atoms with van der Waals surface area (Å²) in [6.45, 7) is 2.61. The molecular formula is C18H19N3O5S. The molecule has 142 valence electrons. The van der Waals surface area contributed by atoms with Crippen LogP contribution in [-0.4, -0.2) is 36.3 Å². The number of aryl methyl sites for hydroxylation is 1. The van der Waals surface area contributed by atoms with E-state index in [1.165, 1.54) is 18.2 Å². The van der Waals surface area contributed by atoms with Gasteiger partial charge in [-0.1, -0.05) is 0 Å². The van der Waals surface area contributed by atoms with Crippen molar-refractivity contribution >= 4 is 34.6 Å². The van der Waals surface area contributed by atoms with Gasteiger partial charge in [0.1, 0.15) is 12.4 Å². The number of non-ortho nitro benzene ring substituents is 1. The molecule has 1 amide bonds. The predicted octanol–water partition coefficient (Wildman–Crippen LogP) is 3.06. The second-order valence-electron chi connectivity index (χ2n) is 5.53. The van der Waals surface area contributed by atoms with Gasteiger partial charge in [-0.25, -0.2) is 0 Å². The summed E-state index contributed by atoms with van der Waals surface area (Å²) in [6.07, 6.45) is 0. The highest BCUT2D eigenvalue weighted by Gasteiger charge is 2.11. The molecule has 0 fully saturated rings. The standard InChI is InChI=1S/C18H19N3O5S/c1-12-11-14(21(23)24)5-8-16(12)19-18(27)20-17(22)13-3-6-15(7-4-13)26-10-9-25-2/h3-8,11H,9-10H2,1-2H3,(H2,19,20,22,27). The first-order valence-corrected chi connectivity index (χ1v) is 8.40. The zero-order valence-electron chi connectivity index (χ0n) is 14.9. The third kappa shape index (κ3) is 6.01. The molecule has 0 radical (unpaired) electrons. The Bertz CT molecular complexity index is 839. The lowest BCUT2D eigenvalue weighted by Gasteiger charge is -2.12. The van der Waals surface area contributed by atoms with Crippen molar-refractivity contribution in [3.63, 3.8) is 0 Å². The lowest BCUT2D eigenvalue weighted by molar-refractivity contribution is -0.384. The number of rotatable bonds is 7. The molecule has 0 unspecified atom stereocenters. The number of thiocarbonyl (C=S) groups is 1. The lowest BCUT2D eigenvalue weighted by atomic mass is 10.2. The minimum absolute atomic E-state index is 0.0131.